The summed E-state index contributed by atoms with van der Waals surface area (Å²) < 4.78 is 6.09. The fourth-order valence-corrected chi connectivity index (χ4v) is 2.29. The average molecular weight is 338 g/mol. The number of esters is 1. The predicted octanol–water partition coefficient (Wildman–Crippen LogP) is 3.69. The Hall–Kier alpha value is -1.39. The molecule has 0 N–H and O–H groups in total. The minimum absolute atomic E-state index is 0.0209. The lowest BCUT2D eigenvalue weighted by Crippen LogP contribution is -2.33. The van der Waals surface area contributed by atoms with Crippen LogP contribution in [0.2, 0.25) is 0 Å². The van der Waals surface area contributed by atoms with Crippen LogP contribution in [-0.2, 0) is 9.53 Å². The Bertz CT molecular complexity index is 459. The van der Waals surface area contributed by atoms with Gasteiger partial charge >= 0.3 is 5.97 Å². The standard InChI is InChI=1S/C16H20BrNO2/c1-4-10-18(11-13(2)17)16(12-20-14(3)19)15-8-6-5-7-9-15/h4-9,16H,1-2,10-12H2,3H3/t16-/m0/s1. The van der Waals surface area contributed by atoms with E-state index in [0.29, 0.717) is 19.7 Å². The highest BCUT2D eigenvalue weighted by molar-refractivity contribution is 9.11. The number of nitrogens with zero attached hydrogens (tertiary/aromatic N) is 1. The van der Waals surface area contributed by atoms with Crippen LogP contribution in [0.4, 0.5) is 0 Å². The first-order valence-electron chi connectivity index (χ1n) is 6.41. The molecule has 1 rings (SSSR count). The van der Waals surface area contributed by atoms with E-state index in [1.54, 1.807) is 0 Å². The summed E-state index contributed by atoms with van der Waals surface area (Å²) in [4.78, 5) is 13.2. The van der Waals surface area contributed by atoms with Crippen molar-refractivity contribution in [1.29, 1.82) is 0 Å². The summed E-state index contributed by atoms with van der Waals surface area (Å²) in [6.45, 7) is 10.7. The maximum absolute atomic E-state index is 11.1. The zero-order valence-electron chi connectivity index (χ0n) is 11.7. The zero-order valence-corrected chi connectivity index (χ0v) is 13.3. The number of carbonyl (C=O) groups excluding carboxylic acids is 1. The van der Waals surface area contributed by atoms with Gasteiger partial charge in [0.15, 0.2) is 0 Å². The third-order valence-corrected chi connectivity index (χ3v) is 3.06. The first-order chi connectivity index (χ1) is 9.54. The Morgan fingerprint density at radius 2 is 2.10 bits per heavy atom. The Kier molecular flexibility index (Phi) is 7.26. The lowest BCUT2D eigenvalue weighted by molar-refractivity contribution is -0.142. The van der Waals surface area contributed by atoms with Gasteiger partial charge in [0.05, 0.1) is 6.04 Å². The van der Waals surface area contributed by atoms with Crippen LogP contribution in [0.5, 0.6) is 0 Å². The van der Waals surface area contributed by atoms with E-state index in [9.17, 15) is 4.79 Å². The molecule has 0 aromatic heterocycles. The van der Waals surface area contributed by atoms with E-state index >= 15 is 0 Å². The van der Waals surface area contributed by atoms with Gasteiger partial charge in [0.25, 0.3) is 0 Å². The smallest absolute Gasteiger partial charge is 0.302 e. The second-order valence-corrected chi connectivity index (χ2v) is 5.59. The topological polar surface area (TPSA) is 29.5 Å². The van der Waals surface area contributed by atoms with Gasteiger partial charge in [-0.1, -0.05) is 58.9 Å². The number of ether oxygens (including phenoxy) is 1. The molecule has 1 aromatic rings. The van der Waals surface area contributed by atoms with Crippen LogP contribution in [-0.4, -0.2) is 30.6 Å². The van der Waals surface area contributed by atoms with Crippen molar-refractivity contribution in [3.63, 3.8) is 0 Å². The van der Waals surface area contributed by atoms with E-state index < -0.39 is 0 Å². The number of halogens is 1. The Morgan fingerprint density at radius 3 is 2.60 bits per heavy atom. The summed E-state index contributed by atoms with van der Waals surface area (Å²) in [6, 6.07) is 9.96. The van der Waals surface area contributed by atoms with Crippen molar-refractivity contribution in [2.75, 3.05) is 19.7 Å². The molecule has 0 radical (unpaired) electrons. The van der Waals surface area contributed by atoms with Crippen LogP contribution in [0, 0.1) is 0 Å². The van der Waals surface area contributed by atoms with Gasteiger partial charge in [0.1, 0.15) is 6.61 Å². The van der Waals surface area contributed by atoms with Crippen molar-refractivity contribution in [1.82, 2.24) is 4.90 Å². The van der Waals surface area contributed by atoms with E-state index in [2.05, 4.69) is 34.0 Å². The minimum atomic E-state index is -0.276. The van der Waals surface area contributed by atoms with Crippen molar-refractivity contribution in [3.8, 4) is 0 Å². The van der Waals surface area contributed by atoms with Gasteiger partial charge < -0.3 is 4.74 Å². The normalized spacial score (nSPS) is 11.9. The maximum atomic E-state index is 11.1. The first kappa shape index (κ1) is 16.7. The van der Waals surface area contributed by atoms with Gasteiger partial charge in [0.2, 0.25) is 0 Å². The molecule has 3 nitrogen and oxygen atoms in total. The molecule has 1 atom stereocenters. The van der Waals surface area contributed by atoms with Gasteiger partial charge in [-0.05, 0) is 5.56 Å². The van der Waals surface area contributed by atoms with Crippen LogP contribution < -0.4 is 0 Å². The fourth-order valence-electron chi connectivity index (χ4n) is 1.97. The van der Waals surface area contributed by atoms with Crippen molar-refractivity contribution >= 4 is 21.9 Å². The number of rotatable bonds is 8. The van der Waals surface area contributed by atoms with Gasteiger partial charge in [-0.3, -0.25) is 9.69 Å². The van der Waals surface area contributed by atoms with Gasteiger partial charge in [0, 0.05) is 24.5 Å². The Morgan fingerprint density at radius 1 is 1.45 bits per heavy atom. The highest BCUT2D eigenvalue weighted by atomic mass is 79.9. The molecule has 20 heavy (non-hydrogen) atoms. The minimum Gasteiger partial charge on any atom is -0.464 e. The molecule has 0 saturated carbocycles. The lowest BCUT2D eigenvalue weighted by atomic mass is 10.1. The molecular formula is C16H20BrNO2. The number of benzene rings is 1. The van der Waals surface area contributed by atoms with Crippen LogP contribution in [0.3, 0.4) is 0 Å². The van der Waals surface area contributed by atoms with E-state index in [1.807, 2.05) is 36.4 Å². The molecule has 4 heteroatoms. The van der Waals surface area contributed by atoms with Crippen molar-refractivity contribution in [2.24, 2.45) is 0 Å². The molecule has 108 valence electrons. The van der Waals surface area contributed by atoms with E-state index in [4.69, 9.17) is 4.74 Å². The molecule has 1 aromatic carbocycles. The van der Waals surface area contributed by atoms with Gasteiger partial charge in [-0.15, -0.1) is 6.58 Å². The van der Waals surface area contributed by atoms with Gasteiger partial charge in [-0.2, -0.15) is 0 Å². The summed E-state index contributed by atoms with van der Waals surface area (Å²) in [5.41, 5.74) is 1.10. The number of carbonyl (C=O) groups is 1. The summed E-state index contributed by atoms with van der Waals surface area (Å²) in [7, 11) is 0. The fraction of sp³-hybridized carbons (Fsp3) is 0.312. The second-order valence-electron chi connectivity index (χ2n) is 4.46. The Labute approximate surface area is 129 Å². The average Bonchev–Trinajstić information content (AvgIpc) is 2.39. The summed E-state index contributed by atoms with van der Waals surface area (Å²) >= 11 is 3.39. The van der Waals surface area contributed by atoms with Crippen LogP contribution in [0.15, 0.2) is 54.0 Å². The molecule has 0 saturated heterocycles. The molecule has 0 aliphatic rings. The quantitative estimate of drug-likeness (QED) is 0.535. The lowest BCUT2D eigenvalue weighted by Gasteiger charge is -2.30. The van der Waals surface area contributed by atoms with Crippen LogP contribution >= 0.6 is 15.9 Å². The van der Waals surface area contributed by atoms with Crippen molar-refractivity contribution < 1.29 is 9.53 Å². The molecule has 0 spiro atoms. The molecule has 0 heterocycles. The third-order valence-electron chi connectivity index (χ3n) is 2.81. The molecular weight excluding hydrogens is 318 g/mol. The summed E-state index contributed by atoms with van der Waals surface area (Å²) in [6.07, 6.45) is 1.83. The zero-order chi connectivity index (χ0) is 15.0. The molecule has 0 aliphatic carbocycles. The molecule has 0 fully saturated rings. The third kappa shape index (κ3) is 5.72. The van der Waals surface area contributed by atoms with Crippen LogP contribution in [0.1, 0.15) is 18.5 Å². The highest BCUT2D eigenvalue weighted by Gasteiger charge is 2.21. The molecule has 0 unspecified atom stereocenters. The van der Waals surface area contributed by atoms with E-state index in [0.717, 1.165) is 10.0 Å². The monoisotopic (exact) mass is 337 g/mol. The summed E-state index contributed by atoms with van der Waals surface area (Å²) in [5.74, 6) is -0.276. The first-order valence-corrected chi connectivity index (χ1v) is 7.20. The molecule has 0 bridgehead atoms. The Balaban J connectivity index is 2.96. The van der Waals surface area contributed by atoms with Crippen molar-refractivity contribution in [3.05, 3.63) is 59.6 Å². The molecule has 0 amide bonds. The maximum Gasteiger partial charge on any atom is 0.302 e. The van der Waals surface area contributed by atoms with Crippen molar-refractivity contribution in [2.45, 2.75) is 13.0 Å². The van der Waals surface area contributed by atoms with Crippen LogP contribution in [0.25, 0.3) is 0 Å². The number of hydrogen-bond acceptors (Lipinski definition) is 3. The largest absolute Gasteiger partial charge is 0.464 e. The predicted molar refractivity (Wildman–Crippen MR) is 85.7 cm³/mol. The summed E-state index contributed by atoms with van der Waals surface area (Å²) in [5, 5.41) is 0. The molecule has 0 aliphatic heterocycles. The van der Waals surface area contributed by atoms with E-state index in [1.165, 1.54) is 6.92 Å². The number of hydrogen-bond donors (Lipinski definition) is 0. The second kappa shape index (κ2) is 8.72. The SMILES string of the molecule is C=CCN(CC(=C)Br)[C@@H](COC(C)=O)c1ccccc1. The van der Waals surface area contributed by atoms with E-state index in [-0.39, 0.29) is 12.0 Å². The van der Waals surface area contributed by atoms with Gasteiger partial charge in [-0.25, -0.2) is 0 Å². The highest BCUT2D eigenvalue weighted by Crippen LogP contribution is 2.23.